The molecule has 80 valence electrons. The van der Waals surface area contributed by atoms with Gasteiger partial charge in [0.2, 0.25) is 0 Å². The molecule has 0 radical (unpaired) electrons. The number of ether oxygens (including phenoxy) is 1. The first-order chi connectivity index (χ1) is 6.86. The quantitative estimate of drug-likeness (QED) is 0.403. The Bertz CT molecular complexity index is 201. The summed E-state index contributed by atoms with van der Waals surface area (Å²) in [6, 6.07) is 0.269. The van der Waals surface area contributed by atoms with Gasteiger partial charge in [-0.1, -0.05) is 0 Å². The summed E-state index contributed by atoms with van der Waals surface area (Å²) >= 11 is 0. The summed E-state index contributed by atoms with van der Waals surface area (Å²) in [5.41, 5.74) is 2.80. The molecule has 0 aromatic rings. The van der Waals surface area contributed by atoms with Crippen molar-refractivity contribution < 1.29 is 4.74 Å². The molecule has 1 rings (SSSR count). The zero-order valence-electron chi connectivity index (χ0n) is 8.88. The molecular weight excluding hydrogens is 176 g/mol. The molecule has 1 heterocycles. The van der Waals surface area contributed by atoms with Gasteiger partial charge in [0.15, 0.2) is 0 Å². The van der Waals surface area contributed by atoms with Crippen LogP contribution in [0, 0.1) is 11.8 Å². The predicted octanol–water partition coefficient (Wildman–Crippen LogP) is 1.19. The molecule has 3 nitrogen and oxygen atoms in total. The van der Waals surface area contributed by atoms with Gasteiger partial charge in [-0.05, 0) is 32.6 Å². The van der Waals surface area contributed by atoms with Gasteiger partial charge in [-0.2, -0.15) is 0 Å². The molecule has 0 amide bonds. The highest BCUT2D eigenvalue weighted by molar-refractivity contribution is 4.98. The lowest BCUT2D eigenvalue weighted by molar-refractivity contribution is 0.00551. The molecule has 0 spiro atoms. The van der Waals surface area contributed by atoms with Gasteiger partial charge in [0.1, 0.15) is 0 Å². The maximum atomic E-state index is 5.65. The lowest BCUT2D eigenvalue weighted by Gasteiger charge is -2.25. The van der Waals surface area contributed by atoms with Gasteiger partial charge >= 0.3 is 0 Å². The van der Waals surface area contributed by atoms with Crippen molar-refractivity contribution >= 4 is 0 Å². The second-order valence-electron chi connectivity index (χ2n) is 3.72. The van der Waals surface area contributed by atoms with Crippen LogP contribution >= 0.6 is 0 Å². The molecule has 1 aliphatic rings. The Morgan fingerprint density at radius 1 is 1.57 bits per heavy atom. The third kappa shape index (κ3) is 4.10. The fraction of sp³-hybridized carbons (Fsp3) is 0.818. The van der Waals surface area contributed by atoms with Crippen LogP contribution in [-0.2, 0) is 4.74 Å². The number of nitrogens with two attached hydrogens (primary N) is 1. The summed E-state index contributed by atoms with van der Waals surface area (Å²) < 4.78 is 5.65. The standard InChI is InChI=1S/C11H20N2O/c1-2-3-6-10(13-12)9-11-7-4-5-8-14-11/h10-11,13H,4-9,12H2,1H3. The Hall–Kier alpha value is -0.560. The summed E-state index contributed by atoms with van der Waals surface area (Å²) in [5.74, 6) is 11.4. The zero-order chi connectivity index (χ0) is 10.2. The van der Waals surface area contributed by atoms with E-state index in [4.69, 9.17) is 10.6 Å². The SMILES string of the molecule is CC#CCC(CC1CCCCO1)NN. The Kier molecular flexibility index (Phi) is 5.62. The van der Waals surface area contributed by atoms with Crippen LogP contribution in [0.4, 0.5) is 0 Å². The molecule has 3 heteroatoms. The smallest absolute Gasteiger partial charge is 0.0590 e. The maximum Gasteiger partial charge on any atom is 0.0590 e. The van der Waals surface area contributed by atoms with Gasteiger partial charge in [-0.15, -0.1) is 11.8 Å². The Balaban J connectivity index is 2.25. The van der Waals surface area contributed by atoms with Crippen LogP contribution in [0.3, 0.4) is 0 Å². The van der Waals surface area contributed by atoms with Crippen molar-refractivity contribution in [2.24, 2.45) is 5.84 Å². The minimum absolute atomic E-state index is 0.269. The highest BCUT2D eigenvalue weighted by Gasteiger charge is 2.17. The molecule has 1 fully saturated rings. The number of hydrazine groups is 1. The summed E-state index contributed by atoms with van der Waals surface area (Å²) in [4.78, 5) is 0. The van der Waals surface area contributed by atoms with Crippen molar-refractivity contribution in [3.8, 4) is 11.8 Å². The highest BCUT2D eigenvalue weighted by atomic mass is 16.5. The number of hydrogen-bond acceptors (Lipinski definition) is 3. The highest BCUT2D eigenvalue weighted by Crippen LogP contribution is 2.17. The van der Waals surface area contributed by atoms with E-state index >= 15 is 0 Å². The first kappa shape index (κ1) is 11.5. The van der Waals surface area contributed by atoms with E-state index < -0.39 is 0 Å². The van der Waals surface area contributed by atoms with Gasteiger partial charge < -0.3 is 4.74 Å². The van der Waals surface area contributed by atoms with E-state index in [-0.39, 0.29) is 6.04 Å². The maximum absolute atomic E-state index is 5.65. The Morgan fingerprint density at radius 3 is 3.00 bits per heavy atom. The van der Waals surface area contributed by atoms with Gasteiger partial charge in [-0.25, -0.2) is 0 Å². The van der Waals surface area contributed by atoms with Crippen LogP contribution in [-0.4, -0.2) is 18.8 Å². The van der Waals surface area contributed by atoms with Crippen LogP contribution < -0.4 is 11.3 Å². The van der Waals surface area contributed by atoms with E-state index in [1.54, 1.807) is 0 Å². The number of rotatable bonds is 4. The normalized spacial score (nSPS) is 23.7. The number of nitrogens with one attached hydrogen (secondary N) is 1. The average Bonchev–Trinajstić information content (AvgIpc) is 2.25. The van der Waals surface area contributed by atoms with Crippen molar-refractivity contribution in [3.05, 3.63) is 0 Å². The summed E-state index contributed by atoms with van der Waals surface area (Å²) in [7, 11) is 0. The van der Waals surface area contributed by atoms with Crippen molar-refractivity contribution in [2.75, 3.05) is 6.61 Å². The molecule has 2 atom stereocenters. The number of hydrogen-bond donors (Lipinski definition) is 2. The third-order valence-electron chi connectivity index (χ3n) is 2.58. The van der Waals surface area contributed by atoms with E-state index in [9.17, 15) is 0 Å². The summed E-state index contributed by atoms with van der Waals surface area (Å²) in [5, 5.41) is 0. The fourth-order valence-electron chi connectivity index (χ4n) is 1.75. The van der Waals surface area contributed by atoms with Gasteiger partial charge in [0.25, 0.3) is 0 Å². The van der Waals surface area contributed by atoms with Crippen LogP contribution in [0.25, 0.3) is 0 Å². The minimum atomic E-state index is 0.269. The molecule has 2 unspecified atom stereocenters. The molecule has 0 aromatic heterocycles. The van der Waals surface area contributed by atoms with Gasteiger partial charge in [0, 0.05) is 19.1 Å². The van der Waals surface area contributed by atoms with Gasteiger partial charge in [-0.3, -0.25) is 11.3 Å². The molecular formula is C11H20N2O. The van der Waals surface area contributed by atoms with Crippen molar-refractivity contribution in [2.45, 2.75) is 51.2 Å². The van der Waals surface area contributed by atoms with Gasteiger partial charge in [0.05, 0.1) is 6.10 Å². The van der Waals surface area contributed by atoms with Crippen LogP contribution in [0.1, 0.15) is 39.0 Å². The van der Waals surface area contributed by atoms with E-state index in [1.165, 1.54) is 12.8 Å². The second kappa shape index (κ2) is 6.83. The van der Waals surface area contributed by atoms with Crippen molar-refractivity contribution in [1.82, 2.24) is 5.43 Å². The predicted molar refractivity (Wildman–Crippen MR) is 57.4 cm³/mol. The summed E-state index contributed by atoms with van der Waals surface area (Å²) in [6.07, 6.45) is 5.81. The van der Waals surface area contributed by atoms with E-state index in [1.807, 2.05) is 6.92 Å². The molecule has 0 aromatic carbocycles. The Labute approximate surface area is 86.4 Å². The van der Waals surface area contributed by atoms with Crippen LogP contribution in [0.15, 0.2) is 0 Å². The first-order valence-corrected chi connectivity index (χ1v) is 5.34. The minimum Gasteiger partial charge on any atom is -0.378 e. The van der Waals surface area contributed by atoms with Crippen molar-refractivity contribution in [1.29, 1.82) is 0 Å². The monoisotopic (exact) mass is 196 g/mol. The molecule has 3 N–H and O–H groups in total. The second-order valence-corrected chi connectivity index (χ2v) is 3.72. The third-order valence-corrected chi connectivity index (χ3v) is 2.58. The van der Waals surface area contributed by atoms with Crippen LogP contribution in [0.5, 0.6) is 0 Å². The molecule has 0 bridgehead atoms. The molecule has 0 aliphatic carbocycles. The molecule has 1 aliphatic heterocycles. The first-order valence-electron chi connectivity index (χ1n) is 5.34. The summed E-state index contributed by atoms with van der Waals surface area (Å²) in [6.45, 7) is 2.76. The topological polar surface area (TPSA) is 47.3 Å². The van der Waals surface area contributed by atoms with E-state index in [2.05, 4.69) is 17.3 Å². The van der Waals surface area contributed by atoms with E-state index in [0.29, 0.717) is 6.10 Å². The lowest BCUT2D eigenvalue weighted by atomic mass is 10.0. The van der Waals surface area contributed by atoms with Crippen molar-refractivity contribution in [3.63, 3.8) is 0 Å². The molecule has 0 saturated carbocycles. The lowest BCUT2D eigenvalue weighted by Crippen LogP contribution is -2.38. The fourth-order valence-corrected chi connectivity index (χ4v) is 1.75. The zero-order valence-corrected chi connectivity index (χ0v) is 8.88. The average molecular weight is 196 g/mol. The largest absolute Gasteiger partial charge is 0.378 e. The molecule has 14 heavy (non-hydrogen) atoms. The van der Waals surface area contributed by atoms with Crippen LogP contribution in [0.2, 0.25) is 0 Å². The molecule has 1 saturated heterocycles. The van der Waals surface area contributed by atoms with E-state index in [0.717, 1.165) is 25.9 Å². The Morgan fingerprint density at radius 2 is 2.43 bits per heavy atom.